The number of halogens is 1. The minimum absolute atomic E-state index is 0.0329. The molecular formula is C20H23ClN4O2. The average Bonchev–Trinajstić information content (AvgIpc) is 2.72. The fourth-order valence-corrected chi connectivity index (χ4v) is 3.83. The smallest absolute Gasteiger partial charge is 0.225 e. The fourth-order valence-electron chi connectivity index (χ4n) is 3.62. The van der Waals surface area contributed by atoms with Crippen molar-refractivity contribution in [3.8, 4) is 0 Å². The molecule has 0 spiro atoms. The molecule has 1 aromatic carbocycles. The number of hydrogen-bond acceptors (Lipinski definition) is 5. The highest BCUT2D eigenvalue weighted by molar-refractivity contribution is 6.30. The molecule has 142 valence electrons. The van der Waals surface area contributed by atoms with Crippen molar-refractivity contribution in [2.75, 3.05) is 31.2 Å². The van der Waals surface area contributed by atoms with Crippen LogP contribution in [-0.4, -0.2) is 42.2 Å². The molecule has 6 nitrogen and oxygen atoms in total. The number of nitrogens with one attached hydrogen (secondary N) is 1. The van der Waals surface area contributed by atoms with Gasteiger partial charge in [-0.3, -0.25) is 4.79 Å². The van der Waals surface area contributed by atoms with E-state index >= 15 is 0 Å². The van der Waals surface area contributed by atoms with Crippen molar-refractivity contribution in [3.05, 3.63) is 52.3 Å². The maximum Gasteiger partial charge on any atom is 0.225 e. The number of amides is 1. The van der Waals surface area contributed by atoms with Gasteiger partial charge in [0.25, 0.3) is 0 Å². The summed E-state index contributed by atoms with van der Waals surface area (Å²) in [6.45, 7) is 3.58. The van der Waals surface area contributed by atoms with Gasteiger partial charge in [0.15, 0.2) is 0 Å². The third kappa shape index (κ3) is 4.39. The highest BCUT2D eigenvalue weighted by Gasteiger charge is 2.26. The Kier molecular flexibility index (Phi) is 5.55. The monoisotopic (exact) mass is 386 g/mol. The number of aromatic nitrogens is 2. The predicted molar refractivity (Wildman–Crippen MR) is 104 cm³/mol. The van der Waals surface area contributed by atoms with E-state index in [4.69, 9.17) is 21.3 Å². The van der Waals surface area contributed by atoms with E-state index in [-0.39, 0.29) is 11.8 Å². The van der Waals surface area contributed by atoms with Crippen LogP contribution in [0.25, 0.3) is 0 Å². The van der Waals surface area contributed by atoms with Gasteiger partial charge in [0.2, 0.25) is 11.9 Å². The molecule has 1 atom stereocenters. The summed E-state index contributed by atoms with van der Waals surface area (Å²) < 4.78 is 5.39. The summed E-state index contributed by atoms with van der Waals surface area (Å²) in [6, 6.07) is 7.56. The number of rotatable bonds is 4. The van der Waals surface area contributed by atoms with E-state index in [9.17, 15) is 4.79 Å². The Bertz CT molecular complexity index is 823. The van der Waals surface area contributed by atoms with Gasteiger partial charge < -0.3 is 15.0 Å². The first-order chi connectivity index (χ1) is 13.2. The normalized spacial score (nSPS) is 19.4. The zero-order chi connectivity index (χ0) is 18.6. The number of fused-ring (bicyclic) bond motifs is 1. The van der Waals surface area contributed by atoms with Gasteiger partial charge in [-0.05, 0) is 42.5 Å². The third-order valence-corrected chi connectivity index (χ3v) is 5.39. The lowest BCUT2D eigenvalue weighted by Crippen LogP contribution is -2.38. The lowest BCUT2D eigenvalue weighted by molar-refractivity contribution is -0.125. The van der Waals surface area contributed by atoms with Crippen LogP contribution in [0.5, 0.6) is 0 Å². The van der Waals surface area contributed by atoms with Gasteiger partial charge in [0, 0.05) is 42.5 Å². The zero-order valence-electron chi connectivity index (χ0n) is 15.2. The Morgan fingerprint density at radius 2 is 2.19 bits per heavy atom. The molecule has 0 radical (unpaired) electrons. The molecule has 1 aromatic heterocycles. The molecule has 1 aliphatic heterocycles. The van der Waals surface area contributed by atoms with Gasteiger partial charge in [0.05, 0.1) is 13.2 Å². The van der Waals surface area contributed by atoms with Crippen LogP contribution >= 0.6 is 11.6 Å². The second-order valence-corrected chi connectivity index (χ2v) is 7.47. The number of anilines is 1. The molecule has 1 unspecified atom stereocenters. The molecule has 2 aromatic rings. The van der Waals surface area contributed by atoms with Gasteiger partial charge in [-0.1, -0.05) is 23.7 Å². The molecule has 4 rings (SSSR count). The summed E-state index contributed by atoms with van der Waals surface area (Å²) in [5.74, 6) is 0.827. The SMILES string of the molecule is O=C(NCc1cccc(Cl)c1)C1CCc2nc(N3CCOCC3)ncc2C1. The summed E-state index contributed by atoms with van der Waals surface area (Å²) >= 11 is 6.00. The summed E-state index contributed by atoms with van der Waals surface area (Å²) in [6.07, 6.45) is 4.21. The van der Waals surface area contributed by atoms with Gasteiger partial charge >= 0.3 is 0 Å². The third-order valence-electron chi connectivity index (χ3n) is 5.16. The number of benzene rings is 1. The first-order valence-corrected chi connectivity index (χ1v) is 9.76. The number of hydrogen-bond donors (Lipinski definition) is 1. The highest BCUT2D eigenvalue weighted by atomic mass is 35.5. The Morgan fingerprint density at radius 1 is 1.33 bits per heavy atom. The second kappa shape index (κ2) is 8.23. The van der Waals surface area contributed by atoms with E-state index in [1.54, 1.807) is 0 Å². The second-order valence-electron chi connectivity index (χ2n) is 7.03. The molecule has 7 heteroatoms. The van der Waals surface area contributed by atoms with Gasteiger partial charge in [-0.15, -0.1) is 0 Å². The Hall–Kier alpha value is -2.18. The number of ether oxygens (including phenoxy) is 1. The van der Waals surface area contributed by atoms with Crippen molar-refractivity contribution >= 4 is 23.5 Å². The van der Waals surface area contributed by atoms with Crippen LogP contribution in [0, 0.1) is 5.92 Å². The van der Waals surface area contributed by atoms with Crippen LogP contribution in [0.2, 0.25) is 5.02 Å². The van der Waals surface area contributed by atoms with Crippen molar-refractivity contribution < 1.29 is 9.53 Å². The van der Waals surface area contributed by atoms with E-state index in [1.165, 1.54) is 0 Å². The molecule has 1 fully saturated rings. The van der Waals surface area contributed by atoms with Crippen LogP contribution < -0.4 is 10.2 Å². The topological polar surface area (TPSA) is 67.4 Å². The van der Waals surface area contributed by atoms with E-state index in [1.807, 2.05) is 30.5 Å². The quantitative estimate of drug-likeness (QED) is 0.873. The molecule has 2 heterocycles. The van der Waals surface area contributed by atoms with Crippen molar-refractivity contribution in [2.45, 2.75) is 25.8 Å². The number of carbonyl (C=O) groups excluding carboxylic acids is 1. The van der Waals surface area contributed by atoms with Gasteiger partial charge in [-0.25, -0.2) is 9.97 Å². The summed E-state index contributed by atoms with van der Waals surface area (Å²) in [5, 5.41) is 3.71. The first-order valence-electron chi connectivity index (χ1n) is 9.38. The van der Waals surface area contributed by atoms with Crippen LogP contribution in [0.1, 0.15) is 23.2 Å². The molecule has 1 saturated heterocycles. The Balaban J connectivity index is 1.37. The van der Waals surface area contributed by atoms with Crippen molar-refractivity contribution in [1.29, 1.82) is 0 Å². The summed E-state index contributed by atoms with van der Waals surface area (Å²) in [7, 11) is 0. The standard InChI is InChI=1S/C20H23ClN4O2/c21-17-3-1-2-14(10-17)12-22-19(26)15-4-5-18-16(11-15)13-23-20(24-18)25-6-8-27-9-7-25/h1-3,10,13,15H,4-9,11-12H2,(H,22,26). The minimum atomic E-state index is -0.0329. The summed E-state index contributed by atoms with van der Waals surface area (Å²) in [5.41, 5.74) is 3.16. The van der Waals surface area contributed by atoms with E-state index < -0.39 is 0 Å². The average molecular weight is 387 g/mol. The zero-order valence-corrected chi connectivity index (χ0v) is 15.9. The number of carbonyl (C=O) groups is 1. The van der Waals surface area contributed by atoms with Gasteiger partial charge in [0.1, 0.15) is 0 Å². The molecule has 1 aliphatic carbocycles. The largest absolute Gasteiger partial charge is 0.378 e. The Labute approximate surface area is 163 Å². The molecule has 27 heavy (non-hydrogen) atoms. The predicted octanol–water partition coefficient (Wildman–Crippen LogP) is 2.39. The number of aryl methyl sites for hydroxylation is 1. The molecule has 0 bridgehead atoms. The maximum absolute atomic E-state index is 12.6. The lowest BCUT2D eigenvalue weighted by Gasteiger charge is -2.28. The van der Waals surface area contributed by atoms with Crippen LogP contribution in [0.4, 0.5) is 5.95 Å². The first kappa shape index (κ1) is 18.2. The molecule has 2 aliphatic rings. The van der Waals surface area contributed by atoms with Crippen molar-refractivity contribution in [1.82, 2.24) is 15.3 Å². The van der Waals surface area contributed by atoms with Crippen molar-refractivity contribution in [3.63, 3.8) is 0 Å². The minimum Gasteiger partial charge on any atom is -0.378 e. The van der Waals surface area contributed by atoms with Crippen LogP contribution in [-0.2, 0) is 28.9 Å². The molecule has 1 N–H and O–H groups in total. The molecule has 0 saturated carbocycles. The van der Waals surface area contributed by atoms with Gasteiger partial charge in [-0.2, -0.15) is 0 Å². The fraction of sp³-hybridized carbons (Fsp3) is 0.450. The van der Waals surface area contributed by atoms with E-state index in [0.29, 0.717) is 18.0 Å². The summed E-state index contributed by atoms with van der Waals surface area (Å²) in [4.78, 5) is 24.0. The number of morpholine rings is 1. The van der Waals surface area contributed by atoms with Crippen molar-refractivity contribution in [2.24, 2.45) is 5.92 Å². The highest BCUT2D eigenvalue weighted by Crippen LogP contribution is 2.26. The maximum atomic E-state index is 12.6. The lowest BCUT2D eigenvalue weighted by atomic mass is 9.86. The van der Waals surface area contributed by atoms with Crippen LogP contribution in [0.15, 0.2) is 30.5 Å². The number of nitrogens with zero attached hydrogens (tertiary/aromatic N) is 3. The Morgan fingerprint density at radius 3 is 3.00 bits per heavy atom. The molecular weight excluding hydrogens is 364 g/mol. The molecule has 1 amide bonds. The van der Waals surface area contributed by atoms with E-state index in [2.05, 4.69) is 15.2 Å². The van der Waals surface area contributed by atoms with Crippen LogP contribution in [0.3, 0.4) is 0 Å². The van der Waals surface area contributed by atoms with E-state index in [0.717, 1.165) is 61.9 Å².